The fourth-order valence-electron chi connectivity index (χ4n) is 0.638. The maximum absolute atomic E-state index is 12.4. The van der Waals surface area contributed by atoms with Crippen LogP contribution in [-0.2, 0) is 0 Å². The van der Waals surface area contributed by atoms with Crippen molar-refractivity contribution in [3.05, 3.63) is 36.5 Å². The molecule has 1 rings (SSSR count). The van der Waals surface area contributed by atoms with Crippen molar-refractivity contribution in [1.29, 1.82) is 0 Å². The maximum atomic E-state index is 12.4. The Morgan fingerprint density at radius 3 is 2.55 bits per heavy atom. The van der Waals surface area contributed by atoms with E-state index >= 15 is 0 Å². The Morgan fingerprint density at radius 2 is 2.09 bits per heavy atom. The zero-order valence-electron chi connectivity index (χ0n) is 5.47. The number of pyridine rings is 1. The summed E-state index contributed by atoms with van der Waals surface area (Å²) in [5.74, 6) is 0. The number of hydrogen-bond acceptors (Lipinski definition) is 1. The van der Waals surface area contributed by atoms with E-state index in [4.69, 9.17) is 0 Å². The van der Waals surface area contributed by atoms with Crippen molar-refractivity contribution in [3.63, 3.8) is 0 Å². The molecular weight excluding hydrogens is 155 g/mol. The van der Waals surface area contributed by atoms with E-state index in [-0.39, 0.29) is 5.69 Å². The highest BCUT2D eigenvalue weighted by atomic mass is 19.3. The van der Waals surface area contributed by atoms with Crippen LogP contribution in [0, 0.1) is 6.43 Å². The van der Waals surface area contributed by atoms with Crippen molar-refractivity contribution in [2.24, 2.45) is 0 Å². The van der Waals surface area contributed by atoms with Crippen LogP contribution < -0.4 is 0 Å². The Balaban J connectivity index is 2.77. The van der Waals surface area contributed by atoms with Crippen LogP contribution in [0.4, 0.5) is 13.2 Å². The number of hydrogen-bond donors (Lipinski definition) is 0. The SMILES string of the molecule is F[C](F)C(F)c1ccccn1. The van der Waals surface area contributed by atoms with Crippen molar-refractivity contribution in [2.45, 2.75) is 6.17 Å². The lowest BCUT2D eigenvalue weighted by Gasteiger charge is -2.02. The summed E-state index contributed by atoms with van der Waals surface area (Å²) in [6, 6.07) is 4.20. The third kappa shape index (κ3) is 1.93. The highest BCUT2D eigenvalue weighted by molar-refractivity contribution is 5.09. The molecule has 1 radical (unpaired) electrons. The second-order valence-electron chi connectivity index (χ2n) is 1.91. The molecule has 0 spiro atoms. The molecule has 59 valence electrons. The molecule has 0 N–H and O–H groups in total. The van der Waals surface area contributed by atoms with E-state index in [0.29, 0.717) is 0 Å². The summed E-state index contributed by atoms with van der Waals surface area (Å²) < 4.78 is 35.6. The van der Waals surface area contributed by atoms with Gasteiger partial charge in [-0.3, -0.25) is 4.98 Å². The summed E-state index contributed by atoms with van der Waals surface area (Å²) in [5, 5.41) is 0. The van der Waals surface area contributed by atoms with Crippen LogP contribution in [0.3, 0.4) is 0 Å². The average Bonchev–Trinajstić information content (AvgIpc) is 2.05. The predicted molar refractivity (Wildman–Crippen MR) is 33.5 cm³/mol. The van der Waals surface area contributed by atoms with Gasteiger partial charge >= 0.3 is 6.43 Å². The molecule has 0 aliphatic carbocycles. The summed E-state index contributed by atoms with van der Waals surface area (Å²) in [7, 11) is 0. The molecule has 0 saturated carbocycles. The van der Waals surface area contributed by atoms with Crippen molar-refractivity contribution in [3.8, 4) is 0 Å². The van der Waals surface area contributed by atoms with Gasteiger partial charge < -0.3 is 0 Å². The van der Waals surface area contributed by atoms with Crippen LogP contribution >= 0.6 is 0 Å². The van der Waals surface area contributed by atoms with Crippen molar-refractivity contribution >= 4 is 0 Å². The van der Waals surface area contributed by atoms with Gasteiger partial charge in [0.25, 0.3) is 0 Å². The number of aromatic nitrogens is 1. The van der Waals surface area contributed by atoms with Gasteiger partial charge in [-0.05, 0) is 12.1 Å². The molecule has 1 heterocycles. The van der Waals surface area contributed by atoms with E-state index in [9.17, 15) is 13.2 Å². The number of nitrogens with zero attached hydrogens (tertiary/aromatic N) is 1. The first-order valence-electron chi connectivity index (χ1n) is 2.94. The molecule has 1 nitrogen and oxygen atoms in total. The third-order valence-corrected chi connectivity index (χ3v) is 1.14. The van der Waals surface area contributed by atoms with Crippen molar-refractivity contribution in [2.75, 3.05) is 0 Å². The molecule has 4 heteroatoms. The monoisotopic (exact) mass is 160 g/mol. The van der Waals surface area contributed by atoms with E-state index in [1.54, 1.807) is 0 Å². The number of halogens is 3. The number of alkyl halides is 1. The van der Waals surface area contributed by atoms with Crippen LogP contribution in [0.15, 0.2) is 24.4 Å². The molecule has 1 aromatic rings. The minimum absolute atomic E-state index is 0.257. The average molecular weight is 160 g/mol. The van der Waals surface area contributed by atoms with Crippen LogP contribution in [-0.4, -0.2) is 4.98 Å². The predicted octanol–water partition coefficient (Wildman–Crippen LogP) is 2.52. The smallest absolute Gasteiger partial charge is 0.258 e. The Hall–Kier alpha value is -1.06. The lowest BCUT2D eigenvalue weighted by molar-refractivity contribution is 0.157. The molecule has 0 aliphatic heterocycles. The normalized spacial score (nSPS) is 13.5. The lowest BCUT2D eigenvalue weighted by Crippen LogP contribution is -1.97. The second-order valence-corrected chi connectivity index (χ2v) is 1.91. The lowest BCUT2D eigenvalue weighted by atomic mass is 10.2. The van der Waals surface area contributed by atoms with Gasteiger partial charge in [0.1, 0.15) is 0 Å². The molecule has 1 aromatic heterocycles. The van der Waals surface area contributed by atoms with Crippen LogP contribution in [0.1, 0.15) is 11.9 Å². The minimum Gasteiger partial charge on any atom is -0.258 e. The fourth-order valence-corrected chi connectivity index (χ4v) is 0.638. The van der Waals surface area contributed by atoms with E-state index in [0.717, 1.165) is 0 Å². The van der Waals surface area contributed by atoms with Crippen LogP contribution in [0.2, 0.25) is 0 Å². The van der Waals surface area contributed by atoms with Crippen molar-refractivity contribution < 1.29 is 13.2 Å². The molecule has 0 saturated heterocycles. The zero-order valence-corrected chi connectivity index (χ0v) is 5.47. The summed E-state index contributed by atoms with van der Waals surface area (Å²) in [4.78, 5) is 3.42. The molecule has 0 aliphatic rings. The van der Waals surface area contributed by atoms with E-state index < -0.39 is 12.6 Å². The third-order valence-electron chi connectivity index (χ3n) is 1.14. The molecular formula is C7H5F3N. The standard InChI is InChI=1S/C7H5F3N/c8-6(7(9)10)5-3-1-2-4-11-5/h1-4,6H. The van der Waals surface area contributed by atoms with E-state index in [2.05, 4.69) is 4.98 Å². The molecule has 1 unspecified atom stereocenters. The first kappa shape index (κ1) is 8.04. The quantitative estimate of drug-likeness (QED) is 0.647. The van der Waals surface area contributed by atoms with E-state index in [1.807, 2.05) is 0 Å². The van der Waals surface area contributed by atoms with Gasteiger partial charge in [-0.1, -0.05) is 6.07 Å². The van der Waals surface area contributed by atoms with Crippen molar-refractivity contribution in [1.82, 2.24) is 4.98 Å². The Morgan fingerprint density at radius 1 is 1.36 bits per heavy atom. The van der Waals surface area contributed by atoms with Gasteiger partial charge in [-0.2, -0.15) is 8.78 Å². The summed E-state index contributed by atoms with van der Waals surface area (Å²) in [5.41, 5.74) is -0.257. The summed E-state index contributed by atoms with van der Waals surface area (Å²) in [6.07, 6.45) is -3.34. The highest BCUT2D eigenvalue weighted by Gasteiger charge is 2.24. The topological polar surface area (TPSA) is 12.9 Å². The van der Waals surface area contributed by atoms with Crippen LogP contribution in [0.25, 0.3) is 0 Å². The van der Waals surface area contributed by atoms with Gasteiger partial charge in [0.05, 0.1) is 5.69 Å². The molecule has 11 heavy (non-hydrogen) atoms. The minimum atomic E-state index is -2.35. The Labute approximate surface area is 61.9 Å². The first-order valence-corrected chi connectivity index (χ1v) is 2.94. The van der Waals surface area contributed by atoms with E-state index in [1.165, 1.54) is 24.4 Å². The maximum Gasteiger partial charge on any atom is 0.349 e. The Bertz CT molecular complexity index is 212. The first-order chi connectivity index (χ1) is 5.22. The zero-order chi connectivity index (χ0) is 8.27. The molecule has 0 bridgehead atoms. The highest BCUT2D eigenvalue weighted by Crippen LogP contribution is 2.27. The van der Waals surface area contributed by atoms with Gasteiger partial charge in [0.2, 0.25) is 6.17 Å². The molecule has 1 atom stereocenters. The molecule has 0 amide bonds. The number of rotatable bonds is 2. The van der Waals surface area contributed by atoms with Gasteiger partial charge in [-0.25, -0.2) is 4.39 Å². The molecule has 0 aromatic carbocycles. The summed E-state index contributed by atoms with van der Waals surface area (Å²) in [6.45, 7) is 0. The molecule has 0 fully saturated rings. The summed E-state index contributed by atoms with van der Waals surface area (Å²) >= 11 is 0. The van der Waals surface area contributed by atoms with Gasteiger partial charge in [-0.15, -0.1) is 0 Å². The fraction of sp³-hybridized carbons (Fsp3) is 0.143. The van der Waals surface area contributed by atoms with Crippen LogP contribution in [0.5, 0.6) is 0 Å². The Kier molecular flexibility index (Phi) is 2.46. The van der Waals surface area contributed by atoms with Gasteiger partial charge in [0, 0.05) is 6.20 Å². The second kappa shape index (κ2) is 3.37. The largest absolute Gasteiger partial charge is 0.349 e. The van der Waals surface area contributed by atoms with Gasteiger partial charge in [0.15, 0.2) is 0 Å².